The number of nitrogens with two attached hydrogens (primary N) is 1. The van der Waals surface area contributed by atoms with Gasteiger partial charge in [-0.3, -0.25) is 19.1 Å². The van der Waals surface area contributed by atoms with Gasteiger partial charge in [-0.2, -0.15) is 0 Å². The van der Waals surface area contributed by atoms with Crippen LogP contribution in [0.25, 0.3) is 0 Å². The molecule has 0 aliphatic carbocycles. The van der Waals surface area contributed by atoms with E-state index in [1.807, 2.05) is 30.3 Å². The van der Waals surface area contributed by atoms with E-state index in [-0.39, 0.29) is 44.0 Å². The van der Waals surface area contributed by atoms with E-state index in [1.54, 1.807) is 29.1 Å². The van der Waals surface area contributed by atoms with Crippen molar-refractivity contribution in [2.75, 3.05) is 33.4 Å². The average Bonchev–Trinajstić information content (AvgIpc) is 3.47. The minimum atomic E-state index is -1.12. The second kappa shape index (κ2) is 15.1. The Hall–Kier alpha value is -4.49. The molecule has 13 heteroatoms. The van der Waals surface area contributed by atoms with Crippen molar-refractivity contribution < 1.29 is 29.0 Å². The Morgan fingerprint density at radius 2 is 1.95 bits per heavy atom. The third-order valence-electron chi connectivity index (χ3n) is 7.15. The monoisotopic (exact) mass is 593 g/mol. The molecule has 4 rings (SSSR count). The first kappa shape index (κ1) is 31.4. The van der Waals surface area contributed by atoms with Crippen LogP contribution in [0.3, 0.4) is 0 Å². The van der Waals surface area contributed by atoms with Crippen molar-refractivity contribution in [1.29, 1.82) is 0 Å². The summed E-state index contributed by atoms with van der Waals surface area (Å²) in [5, 5.41) is 24.0. The van der Waals surface area contributed by atoms with E-state index in [0.717, 1.165) is 5.56 Å². The summed E-state index contributed by atoms with van der Waals surface area (Å²) in [5.74, 6) is -0.688. The number of methoxy groups -OCH3 is 1. The first-order valence-electron chi connectivity index (χ1n) is 14.3. The number of hydrogen-bond acceptors (Lipinski definition) is 9. The van der Waals surface area contributed by atoms with Gasteiger partial charge in [-0.1, -0.05) is 41.6 Å². The molecule has 0 radical (unpaired) electrons. The highest BCUT2D eigenvalue weighted by Crippen LogP contribution is 2.31. The molecule has 2 bridgehead atoms. The van der Waals surface area contributed by atoms with E-state index in [2.05, 4.69) is 20.9 Å². The van der Waals surface area contributed by atoms with E-state index < -0.39 is 35.9 Å². The molecule has 1 aliphatic heterocycles. The van der Waals surface area contributed by atoms with Gasteiger partial charge in [0.1, 0.15) is 12.1 Å². The van der Waals surface area contributed by atoms with Crippen molar-refractivity contribution in [3.8, 4) is 11.5 Å². The Balaban J connectivity index is 1.62. The molecule has 230 valence electrons. The second-order valence-electron chi connectivity index (χ2n) is 10.4. The van der Waals surface area contributed by atoms with Crippen LogP contribution in [-0.4, -0.2) is 94.3 Å². The molecule has 2 aromatic carbocycles. The largest absolute Gasteiger partial charge is 0.493 e. The number of hydrogen-bond donors (Lipinski definition) is 4. The van der Waals surface area contributed by atoms with Gasteiger partial charge < -0.3 is 35.8 Å². The number of rotatable bonds is 5. The number of fused-ring (bicyclic) bond motifs is 3. The first-order chi connectivity index (χ1) is 20.8. The lowest BCUT2D eigenvalue weighted by Gasteiger charge is -2.27. The van der Waals surface area contributed by atoms with Gasteiger partial charge in [0.2, 0.25) is 11.8 Å². The number of benzene rings is 2. The number of ether oxygens (including phenoxy) is 2. The lowest BCUT2D eigenvalue weighted by atomic mass is 10.0. The van der Waals surface area contributed by atoms with Crippen LogP contribution in [-0.2, 0) is 29.0 Å². The molecule has 3 atom stereocenters. The van der Waals surface area contributed by atoms with Gasteiger partial charge in [0, 0.05) is 51.6 Å². The molecular formula is C30H39N7O6. The Labute approximate surface area is 250 Å². The molecule has 43 heavy (non-hydrogen) atoms. The average molecular weight is 594 g/mol. The minimum absolute atomic E-state index is 0.0957. The maximum atomic E-state index is 13.6. The van der Waals surface area contributed by atoms with Gasteiger partial charge in [0.25, 0.3) is 5.91 Å². The number of para-hydroxylation sites is 1. The summed E-state index contributed by atoms with van der Waals surface area (Å²) in [5.41, 5.74) is 7.73. The first-order valence-corrected chi connectivity index (χ1v) is 14.3. The Morgan fingerprint density at radius 3 is 2.70 bits per heavy atom. The van der Waals surface area contributed by atoms with Crippen LogP contribution < -0.4 is 25.8 Å². The normalized spacial score (nSPS) is 18.4. The highest BCUT2D eigenvalue weighted by molar-refractivity contribution is 6.00. The zero-order valence-corrected chi connectivity index (χ0v) is 24.4. The summed E-state index contributed by atoms with van der Waals surface area (Å²) in [7, 11) is 1.50. The van der Waals surface area contributed by atoms with Gasteiger partial charge >= 0.3 is 0 Å². The van der Waals surface area contributed by atoms with Crippen LogP contribution in [0.1, 0.15) is 35.0 Å². The molecule has 0 saturated heterocycles. The second-order valence-corrected chi connectivity index (χ2v) is 10.4. The van der Waals surface area contributed by atoms with Crippen molar-refractivity contribution in [3.63, 3.8) is 0 Å². The predicted molar refractivity (Wildman–Crippen MR) is 157 cm³/mol. The number of aliphatic hydroxyl groups is 1. The van der Waals surface area contributed by atoms with Crippen molar-refractivity contribution >= 4 is 17.7 Å². The summed E-state index contributed by atoms with van der Waals surface area (Å²) < 4.78 is 13.2. The van der Waals surface area contributed by atoms with Crippen LogP contribution in [0.5, 0.6) is 11.5 Å². The van der Waals surface area contributed by atoms with E-state index in [4.69, 9.17) is 15.2 Å². The number of carbonyl (C=O) groups excluding carboxylic acids is 3. The van der Waals surface area contributed by atoms with Crippen LogP contribution in [0.2, 0.25) is 0 Å². The number of aryl methyl sites for hydroxylation is 1. The Bertz CT molecular complexity index is 1380. The van der Waals surface area contributed by atoms with Crippen molar-refractivity contribution in [2.24, 2.45) is 5.73 Å². The number of aromatic nitrogens is 3. The Kier molecular flexibility index (Phi) is 11.1. The molecule has 1 aliphatic rings. The fourth-order valence-corrected chi connectivity index (χ4v) is 4.70. The number of amides is 3. The summed E-state index contributed by atoms with van der Waals surface area (Å²) in [6.45, 7) is 2.73. The summed E-state index contributed by atoms with van der Waals surface area (Å²) >= 11 is 0. The molecule has 0 saturated carbocycles. The third-order valence-corrected chi connectivity index (χ3v) is 7.15. The van der Waals surface area contributed by atoms with Gasteiger partial charge in [0.15, 0.2) is 11.5 Å². The van der Waals surface area contributed by atoms with E-state index in [1.165, 1.54) is 18.9 Å². The molecule has 0 fully saturated rings. The zero-order valence-electron chi connectivity index (χ0n) is 24.4. The quantitative estimate of drug-likeness (QED) is 0.325. The standard InChI is InChI=1S/C30H39N7O6/c1-20(38)26(31)30(41)36-15-12-22-19-37(35-34-22)14-7-17-43-27-23(10-6-11-25(27)42-2)28(39)33-24(29(40)32-13-16-36)18-21-8-4-3-5-9-21/h3-6,8-11,19-20,24,26,38H,7,12-18,31H2,1-2H3,(H,32,40)(H,33,39)/t20-,24+,26+/m1/s1. The van der Waals surface area contributed by atoms with Crippen molar-refractivity contribution in [3.05, 3.63) is 71.5 Å². The van der Waals surface area contributed by atoms with Gasteiger partial charge in [-0.05, 0) is 24.6 Å². The maximum Gasteiger partial charge on any atom is 0.255 e. The summed E-state index contributed by atoms with van der Waals surface area (Å²) in [6, 6.07) is 12.3. The topological polar surface area (TPSA) is 174 Å². The number of nitrogens with zero attached hydrogens (tertiary/aromatic N) is 4. The van der Waals surface area contributed by atoms with Crippen molar-refractivity contribution in [1.82, 2.24) is 30.5 Å². The molecule has 3 aromatic rings. The minimum Gasteiger partial charge on any atom is -0.493 e. The predicted octanol–water partition coefficient (Wildman–Crippen LogP) is 0.306. The summed E-state index contributed by atoms with van der Waals surface area (Å²) in [4.78, 5) is 41.6. The number of aliphatic hydroxyl groups excluding tert-OH is 1. The molecule has 3 amide bonds. The smallest absolute Gasteiger partial charge is 0.255 e. The van der Waals surface area contributed by atoms with Gasteiger partial charge in [0.05, 0.1) is 31.1 Å². The number of carbonyl (C=O) groups is 3. The van der Waals surface area contributed by atoms with E-state index in [0.29, 0.717) is 30.8 Å². The Morgan fingerprint density at radius 1 is 1.16 bits per heavy atom. The summed E-state index contributed by atoms with van der Waals surface area (Å²) in [6.07, 6.45) is 1.95. The maximum absolute atomic E-state index is 13.6. The lowest BCUT2D eigenvalue weighted by Crippen LogP contribution is -2.53. The zero-order chi connectivity index (χ0) is 30.8. The molecule has 0 unspecified atom stereocenters. The molecule has 5 N–H and O–H groups in total. The van der Waals surface area contributed by atoms with Gasteiger partial charge in [-0.25, -0.2) is 0 Å². The number of nitrogens with one attached hydrogen (secondary N) is 2. The lowest BCUT2D eigenvalue weighted by molar-refractivity contribution is -0.135. The molecule has 1 aromatic heterocycles. The third kappa shape index (κ3) is 8.52. The van der Waals surface area contributed by atoms with Crippen LogP contribution in [0.15, 0.2) is 54.7 Å². The van der Waals surface area contributed by atoms with E-state index >= 15 is 0 Å². The SMILES string of the molecule is COc1cccc2c1OCCCn1cc(nn1)CCN(C(=O)[C@@H](N)[C@@H](C)O)CCNC(=O)[C@H](Cc1ccccc1)NC2=O. The molecule has 13 nitrogen and oxygen atoms in total. The fraction of sp³-hybridized carbons (Fsp3) is 0.433. The highest BCUT2D eigenvalue weighted by atomic mass is 16.5. The van der Waals surface area contributed by atoms with Crippen LogP contribution >= 0.6 is 0 Å². The molecular weight excluding hydrogens is 554 g/mol. The molecule has 2 heterocycles. The van der Waals surface area contributed by atoms with Crippen LogP contribution in [0, 0.1) is 0 Å². The van der Waals surface area contributed by atoms with E-state index in [9.17, 15) is 19.5 Å². The van der Waals surface area contributed by atoms with Crippen LogP contribution in [0.4, 0.5) is 0 Å². The van der Waals surface area contributed by atoms with Gasteiger partial charge in [-0.15, -0.1) is 5.10 Å². The highest BCUT2D eigenvalue weighted by Gasteiger charge is 2.27. The molecule has 0 spiro atoms. The van der Waals surface area contributed by atoms with Crippen molar-refractivity contribution in [2.45, 2.75) is 50.9 Å². The fourth-order valence-electron chi connectivity index (χ4n) is 4.70.